The molecule has 2 nitrogen and oxygen atoms in total. The van der Waals surface area contributed by atoms with Crippen molar-refractivity contribution >= 4 is 17.1 Å². The van der Waals surface area contributed by atoms with E-state index >= 15 is 0 Å². The van der Waals surface area contributed by atoms with Crippen LogP contribution in [0, 0.1) is 0 Å². The Hall–Kier alpha value is -1.96. The number of hydrogen-bond donors (Lipinski definition) is 2. The van der Waals surface area contributed by atoms with E-state index in [0.29, 0.717) is 0 Å². The minimum atomic E-state index is 1.12. The van der Waals surface area contributed by atoms with E-state index in [1.165, 1.54) is 36.2 Å². The first-order valence-electron chi connectivity index (χ1n) is 7.46. The fraction of sp³-hybridized carbons (Fsp3) is 0.333. The Kier molecular flexibility index (Phi) is 5.48. The fourth-order valence-corrected chi connectivity index (χ4v) is 2.32. The number of hydrogen-bond acceptors (Lipinski definition) is 2. The van der Waals surface area contributed by atoms with Gasteiger partial charge in [-0.1, -0.05) is 38.0 Å². The van der Waals surface area contributed by atoms with Gasteiger partial charge in [0.2, 0.25) is 0 Å². The standard InChI is InChI=1S/C18H24N2/c1-3-4-6-9-15-14-17(19-2)12-13-18(15)20-16-10-7-5-8-11-16/h5,7-8,10-14,19-20H,3-4,6,9H2,1-2H3. The second kappa shape index (κ2) is 7.59. The molecule has 2 aromatic carbocycles. The average Bonchev–Trinajstić information content (AvgIpc) is 2.50. The van der Waals surface area contributed by atoms with Crippen molar-refractivity contribution < 1.29 is 0 Å². The van der Waals surface area contributed by atoms with Gasteiger partial charge in [-0.3, -0.25) is 0 Å². The van der Waals surface area contributed by atoms with Crippen LogP contribution in [0.5, 0.6) is 0 Å². The predicted octanol–water partition coefficient (Wildman–Crippen LogP) is 5.20. The summed E-state index contributed by atoms with van der Waals surface area (Å²) >= 11 is 0. The van der Waals surface area contributed by atoms with Gasteiger partial charge in [0.25, 0.3) is 0 Å². The molecule has 0 fully saturated rings. The number of unbranched alkanes of at least 4 members (excludes halogenated alkanes) is 2. The molecule has 0 heterocycles. The quantitative estimate of drug-likeness (QED) is 0.674. The van der Waals surface area contributed by atoms with E-state index in [0.717, 1.165) is 12.1 Å². The molecule has 0 saturated carbocycles. The van der Waals surface area contributed by atoms with Crippen LogP contribution in [-0.4, -0.2) is 7.05 Å². The Morgan fingerprint density at radius 3 is 2.40 bits per heavy atom. The number of rotatable bonds is 7. The van der Waals surface area contributed by atoms with Crippen molar-refractivity contribution in [3.05, 3.63) is 54.1 Å². The van der Waals surface area contributed by atoms with Crippen LogP contribution in [0.3, 0.4) is 0 Å². The van der Waals surface area contributed by atoms with Crippen LogP contribution in [-0.2, 0) is 6.42 Å². The summed E-state index contributed by atoms with van der Waals surface area (Å²) in [6.45, 7) is 2.24. The molecule has 0 aliphatic carbocycles. The van der Waals surface area contributed by atoms with Crippen LogP contribution in [0.25, 0.3) is 0 Å². The van der Waals surface area contributed by atoms with Gasteiger partial charge in [0.05, 0.1) is 0 Å². The highest BCUT2D eigenvalue weighted by Gasteiger charge is 2.04. The lowest BCUT2D eigenvalue weighted by Gasteiger charge is -2.14. The molecule has 0 spiro atoms. The maximum Gasteiger partial charge on any atom is 0.0418 e. The van der Waals surface area contributed by atoms with Crippen molar-refractivity contribution in [1.29, 1.82) is 0 Å². The molecule has 0 amide bonds. The molecule has 106 valence electrons. The SMILES string of the molecule is CCCCCc1cc(NC)ccc1Nc1ccccc1. The highest BCUT2D eigenvalue weighted by Crippen LogP contribution is 2.25. The maximum atomic E-state index is 3.52. The number of aryl methyl sites for hydroxylation is 1. The highest BCUT2D eigenvalue weighted by atomic mass is 14.9. The first-order chi connectivity index (χ1) is 9.83. The van der Waals surface area contributed by atoms with Crippen molar-refractivity contribution in [3.8, 4) is 0 Å². The van der Waals surface area contributed by atoms with E-state index in [4.69, 9.17) is 0 Å². The molecule has 2 aromatic rings. The van der Waals surface area contributed by atoms with Gasteiger partial charge in [-0.2, -0.15) is 0 Å². The summed E-state index contributed by atoms with van der Waals surface area (Å²) < 4.78 is 0. The summed E-state index contributed by atoms with van der Waals surface area (Å²) in [5.74, 6) is 0. The fourth-order valence-electron chi connectivity index (χ4n) is 2.32. The van der Waals surface area contributed by atoms with Crippen LogP contribution < -0.4 is 10.6 Å². The van der Waals surface area contributed by atoms with Gasteiger partial charge in [0.1, 0.15) is 0 Å². The number of nitrogens with one attached hydrogen (secondary N) is 2. The maximum absolute atomic E-state index is 3.52. The lowest BCUT2D eigenvalue weighted by molar-refractivity contribution is 0.718. The summed E-state index contributed by atoms with van der Waals surface area (Å²) in [7, 11) is 1.97. The summed E-state index contributed by atoms with van der Waals surface area (Å²) in [5, 5.41) is 6.74. The average molecular weight is 268 g/mol. The Labute approximate surface area is 122 Å². The molecule has 0 bridgehead atoms. The molecule has 2 heteroatoms. The normalized spacial score (nSPS) is 10.3. The molecule has 0 saturated heterocycles. The lowest BCUT2D eigenvalue weighted by Crippen LogP contribution is -1.98. The molecule has 2 rings (SSSR count). The Morgan fingerprint density at radius 2 is 1.70 bits per heavy atom. The van der Waals surface area contributed by atoms with Gasteiger partial charge in [-0.15, -0.1) is 0 Å². The predicted molar refractivity (Wildman–Crippen MR) is 88.9 cm³/mol. The van der Waals surface area contributed by atoms with E-state index < -0.39 is 0 Å². The summed E-state index contributed by atoms with van der Waals surface area (Å²) in [6, 6.07) is 16.9. The van der Waals surface area contributed by atoms with Crippen molar-refractivity contribution in [3.63, 3.8) is 0 Å². The van der Waals surface area contributed by atoms with E-state index in [9.17, 15) is 0 Å². The highest BCUT2D eigenvalue weighted by molar-refractivity contribution is 5.66. The van der Waals surface area contributed by atoms with E-state index in [1.807, 2.05) is 13.1 Å². The number of anilines is 3. The largest absolute Gasteiger partial charge is 0.388 e. The van der Waals surface area contributed by atoms with Gasteiger partial charge < -0.3 is 10.6 Å². The lowest BCUT2D eigenvalue weighted by atomic mass is 10.0. The van der Waals surface area contributed by atoms with Gasteiger partial charge >= 0.3 is 0 Å². The molecule has 2 N–H and O–H groups in total. The van der Waals surface area contributed by atoms with Crippen LogP contribution in [0.15, 0.2) is 48.5 Å². The van der Waals surface area contributed by atoms with Crippen molar-refractivity contribution in [2.75, 3.05) is 17.7 Å². The Morgan fingerprint density at radius 1 is 0.900 bits per heavy atom. The van der Waals surface area contributed by atoms with Gasteiger partial charge in [0, 0.05) is 24.1 Å². The molecule has 0 aliphatic heterocycles. The van der Waals surface area contributed by atoms with E-state index in [-0.39, 0.29) is 0 Å². The van der Waals surface area contributed by atoms with Crippen molar-refractivity contribution in [1.82, 2.24) is 0 Å². The third kappa shape index (κ3) is 4.02. The number of para-hydroxylation sites is 1. The minimum absolute atomic E-state index is 1.12. The molecule has 20 heavy (non-hydrogen) atoms. The third-order valence-electron chi connectivity index (χ3n) is 3.50. The molecular formula is C18H24N2. The van der Waals surface area contributed by atoms with Gasteiger partial charge in [-0.05, 0) is 48.7 Å². The molecule has 0 aliphatic rings. The first-order valence-corrected chi connectivity index (χ1v) is 7.46. The van der Waals surface area contributed by atoms with E-state index in [1.54, 1.807) is 0 Å². The zero-order chi connectivity index (χ0) is 14.2. The van der Waals surface area contributed by atoms with Crippen molar-refractivity contribution in [2.24, 2.45) is 0 Å². The smallest absolute Gasteiger partial charge is 0.0418 e. The van der Waals surface area contributed by atoms with Crippen LogP contribution in [0.1, 0.15) is 31.7 Å². The topological polar surface area (TPSA) is 24.1 Å². The van der Waals surface area contributed by atoms with Gasteiger partial charge in [-0.25, -0.2) is 0 Å². The monoisotopic (exact) mass is 268 g/mol. The molecule has 0 radical (unpaired) electrons. The minimum Gasteiger partial charge on any atom is -0.388 e. The third-order valence-corrected chi connectivity index (χ3v) is 3.50. The molecule has 0 unspecified atom stereocenters. The second-order valence-corrected chi connectivity index (χ2v) is 5.07. The van der Waals surface area contributed by atoms with Crippen LogP contribution in [0.4, 0.5) is 17.1 Å². The van der Waals surface area contributed by atoms with Gasteiger partial charge in [0.15, 0.2) is 0 Å². The molecular weight excluding hydrogens is 244 g/mol. The summed E-state index contributed by atoms with van der Waals surface area (Å²) in [6.07, 6.45) is 4.91. The second-order valence-electron chi connectivity index (χ2n) is 5.07. The summed E-state index contributed by atoms with van der Waals surface area (Å²) in [4.78, 5) is 0. The van der Waals surface area contributed by atoms with Crippen LogP contribution in [0.2, 0.25) is 0 Å². The Balaban J connectivity index is 2.17. The first kappa shape index (κ1) is 14.4. The van der Waals surface area contributed by atoms with E-state index in [2.05, 4.69) is 60.0 Å². The summed E-state index contributed by atoms with van der Waals surface area (Å²) in [5.41, 5.74) is 4.91. The number of benzene rings is 2. The zero-order valence-corrected chi connectivity index (χ0v) is 12.4. The van der Waals surface area contributed by atoms with Crippen molar-refractivity contribution in [2.45, 2.75) is 32.6 Å². The van der Waals surface area contributed by atoms with Crippen LogP contribution >= 0.6 is 0 Å². The molecule has 0 aromatic heterocycles. The Bertz CT molecular complexity index is 520. The molecule has 0 atom stereocenters. The zero-order valence-electron chi connectivity index (χ0n) is 12.4.